The number of ether oxygens (including phenoxy) is 1. The molecule has 0 atom stereocenters. The summed E-state index contributed by atoms with van der Waals surface area (Å²) in [7, 11) is 0. The predicted molar refractivity (Wildman–Crippen MR) is 140 cm³/mol. The Balaban J connectivity index is 1.60. The van der Waals surface area contributed by atoms with Gasteiger partial charge in [-0.1, -0.05) is 60.7 Å². The third-order valence-corrected chi connectivity index (χ3v) is 6.31. The second-order valence-corrected chi connectivity index (χ2v) is 8.86. The molecule has 0 aliphatic carbocycles. The number of benzene rings is 4. The summed E-state index contributed by atoms with van der Waals surface area (Å²) in [4.78, 5) is 0. The van der Waals surface area contributed by atoms with Gasteiger partial charge in [0.25, 0.3) is 0 Å². The SMILES string of the molecule is Cc1cc(N)c(C)c(-c2ccccc2COCc2ccccc2-c2cc(C)cc(N)c2C)c1. The summed E-state index contributed by atoms with van der Waals surface area (Å²) in [6.07, 6.45) is 0. The maximum atomic E-state index is 6.27. The molecule has 0 bridgehead atoms. The fourth-order valence-corrected chi connectivity index (χ4v) is 4.42. The van der Waals surface area contributed by atoms with Gasteiger partial charge in [-0.3, -0.25) is 0 Å². The first-order valence-corrected chi connectivity index (χ1v) is 11.3. The molecule has 4 N–H and O–H groups in total. The summed E-state index contributed by atoms with van der Waals surface area (Å²) < 4.78 is 6.27. The van der Waals surface area contributed by atoms with Crippen molar-refractivity contribution >= 4 is 11.4 Å². The van der Waals surface area contributed by atoms with Crippen molar-refractivity contribution in [2.24, 2.45) is 0 Å². The molecule has 0 saturated heterocycles. The number of aryl methyl sites for hydroxylation is 2. The summed E-state index contributed by atoms with van der Waals surface area (Å²) >= 11 is 0. The Labute approximate surface area is 197 Å². The van der Waals surface area contributed by atoms with Crippen molar-refractivity contribution in [3.63, 3.8) is 0 Å². The predicted octanol–water partition coefficient (Wildman–Crippen LogP) is 7.14. The normalized spacial score (nSPS) is 11.0. The van der Waals surface area contributed by atoms with Gasteiger partial charge in [0, 0.05) is 11.4 Å². The quantitative estimate of drug-likeness (QED) is 0.316. The smallest absolute Gasteiger partial charge is 0.0727 e. The van der Waals surface area contributed by atoms with Gasteiger partial charge in [-0.2, -0.15) is 0 Å². The van der Waals surface area contributed by atoms with Crippen LogP contribution in [0.4, 0.5) is 11.4 Å². The minimum absolute atomic E-state index is 0.521. The first kappa shape index (κ1) is 22.6. The fraction of sp³-hybridized carbons (Fsp3) is 0.200. The minimum Gasteiger partial charge on any atom is -0.398 e. The zero-order valence-electron chi connectivity index (χ0n) is 19.9. The monoisotopic (exact) mass is 436 g/mol. The van der Waals surface area contributed by atoms with E-state index >= 15 is 0 Å². The molecule has 0 saturated carbocycles. The lowest BCUT2D eigenvalue weighted by atomic mass is 9.93. The topological polar surface area (TPSA) is 61.3 Å². The molecule has 0 unspecified atom stereocenters. The average Bonchev–Trinajstić information content (AvgIpc) is 2.79. The van der Waals surface area contributed by atoms with Crippen LogP contribution in [-0.2, 0) is 18.0 Å². The van der Waals surface area contributed by atoms with Gasteiger partial charge in [0.05, 0.1) is 13.2 Å². The molecule has 3 heteroatoms. The van der Waals surface area contributed by atoms with E-state index in [2.05, 4.69) is 88.4 Å². The van der Waals surface area contributed by atoms with Crippen LogP contribution in [0.1, 0.15) is 33.4 Å². The van der Waals surface area contributed by atoms with E-state index in [9.17, 15) is 0 Å². The Hall–Kier alpha value is -3.56. The summed E-state index contributed by atoms with van der Waals surface area (Å²) in [6, 6.07) is 25.2. The molecule has 4 rings (SSSR count). The van der Waals surface area contributed by atoms with Gasteiger partial charge in [-0.25, -0.2) is 0 Å². The maximum Gasteiger partial charge on any atom is 0.0727 e. The zero-order chi connectivity index (χ0) is 23.5. The Bertz CT molecular complexity index is 1210. The molecule has 3 nitrogen and oxygen atoms in total. The van der Waals surface area contributed by atoms with Gasteiger partial charge in [0.2, 0.25) is 0 Å². The number of nitrogen functional groups attached to an aromatic ring is 2. The molecule has 0 radical (unpaired) electrons. The van der Waals surface area contributed by atoms with Crippen LogP contribution in [0.25, 0.3) is 22.3 Å². The van der Waals surface area contributed by atoms with E-state index in [0.717, 1.165) is 55.9 Å². The number of nitrogens with two attached hydrogens (primary N) is 2. The van der Waals surface area contributed by atoms with Crippen molar-refractivity contribution in [2.45, 2.75) is 40.9 Å². The van der Waals surface area contributed by atoms with E-state index in [4.69, 9.17) is 16.2 Å². The summed E-state index contributed by atoms with van der Waals surface area (Å²) in [5, 5.41) is 0. The largest absolute Gasteiger partial charge is 0.398 e. The Kier molecular flexibility index (Phi) is 6.52. The van der Waals surface area contributed by atoms with Gasteiger partial charge in [-0.15, -0.1) is 0 Å². The Morgan fingerprint density at radius 3 is 1.36 bits per heavy atom. The molecule has 33 heavy (non-hydrogen) atoms. The van der Waals surface area contributed by atoms with Crippen molar-refractivity contribution in [2.75, 3.05) is 11.5 Å². The molecular formula is C30H32N2O. The third kappa shape index (κ3) is 4.79. The van der Waals surface area contributed by atoms with Crippen LogP contribution in [0.5, 0.6) is 0 Å². The van der Waals surface area contributed by atoms with Crippen molar-refractivity contribution in [3.8, 4) is 22.3 Å². The highest BCUT2D eigenvalue weighted by Gasteiger charge is 2.13. The van der Waals surface area contributed by atoms with E-state index in [-0.39, 0.29) is 0 Å². The van der Waals surface area contributed by atoms with Gasteiger partial charge < -0.3 is 16.2 Å². The molecular weight excluding hydrogens is 404 g/mol. The lowest BCUT2D eigenvalue weighted by Crippen LogP contribution is -2.01. The fourth-order valence-electron chi connectivity index (χ4n) is 4.42. The molecule has 0 spiro atoms. The lowest BCUT2D eigenvalue weighted by molar-refractivity contribution is 0.108. The molecule has 0 aliphatic rings. The second kappa shape index (κ2) is 9.51. The van der Waals surface area contributed by atoms with Gasteiger partial charge in [0.15, 0.2) is 0 Å². The zero-order valence-corrected chi connectivity index (χ0v) is 19.9. The van der Waals surface area contributed by atoms with Crippen molar-refractivity contribution in [3.05, 3.63) is 106 Å². The van der Waals surface area contributed by atoms with Gasteiger partial charge in [0.1, 0.15) is 0 Å². The summed E-state index contributed by atoms with van der Waals surface area (Å²) in [5.74, 6) is 0. The molecule has 0 aromatic heterocycles. The van der Waals surface area contributed by atoms with Crippen molar-refractivity contribution in [1.29, 1.82) is 0 Å². The van der Waals surface area contributed by atoms with Crippen LogP contribution < -0.4 is 11.5 Å². The lowest BCUT2D eigenvalue weighted by Gasteiger charge is -2.17. The van der Waals surface area contributed by atoms with Crippen LogP contribution >= 0.6 is 0 Å². The van der Waals surface area contributed by atoms with E-state index in [1.165, 1.54) is 11.1 Å². The number of rotatable bonds is 6. The minimum atomic E-state index is 0.521. The average molecular weight is 437 g/mol. The van der Waals surface area contributed by atoms with Crippen LogP contribution in [0.3, 0.4) is 0 Å². The number of hydrogen-bond acceptors (Lipinski definition) is 3. The first-order valence-electron chi connectivity index (χ1n) is 11.3. The Morgan fingerprint density at radius 2 is 0.939 bits per heavy atom. The Morgan fingerprint density at radius 1 is 0.545 bits per heavy atom. The highest BCUT2D eigenvalue weighted by Crippen LogP contribution is 2.33. The van der Waals surface area contributed by atoms with Crippen LogP contribution in [0.2, 0.25) is 0 Å². The molecule has 4 aromatic rings. The summed E-state index contributed by atoms with van der Waals surface area (Å²) in [5.41, 5.74) is 25.6. The molecule has 4 aromatic carbocycles. The summed E-state index contributed by atoms with van der Waals surface area (Å²) in [6.45, 7) is 9.35. The van der Waals surface area contributed by atoms with E-state index in [1.54, 1.807) is 0 Å². The standard InChI is InChI=1S/C30H32N2O/c1-19-13-27(21(3)29(31)15-19)25-11-7-5-9-23(25)17-33-18-24-10-6-8-12-26(24)28-14-20(2)16-30(32)22(28)4/h5-16H,17-18,31-32H2,1-4H3. The third-order valence-electron chi connectivity index (χ3n) is 6.31. The number of anilines is 2. The second-order valence-electron chi connectivity index (χ2n) is 8.86. The number of hydrogen-bond donors (Lipinski definition) is 2. The first-order chi connectivity index (χ1) is 15.8. The molecule has 0 aliphatic heterocycles. The van der Waals surface area contributed by atoms with Gasteiger partial charge in [-0.05, 0) is 95.5 Å². The highest BCUT2D eigenvalue weighted by atomic mass is 16.5. The maximum absolute atomic E-state index is 6.27. The van der Waals surface area contributed by atoms with E-state index in [1.807, 2.05) is 12.1 Å². The van der Waals surface area contributed by atoms with E-state index < -0.39 is 0 Å². The van der Waals surface area contributed by atoms with Crippen molar-refractivity contribution < 1.29 is 4.74 Å². The highest BCUT2D eigenvalue weighted by molar-refractivity contribution is 5.77. The van der Waals surface area contributed by atoms with Gasteiger partial charge >= 0.3 is 0 Å². The van der Waals surface area contributed by atoms with E-state index in [0.29, 0.717) is 13.2 Å². The molecule has 0 heterocycles. The molecule has 168 valence electrons. The van der Waals surface area contributed by atoms with Crippen LogP contribution in [-0.4, -0.2) is 0 Å². The van der Waals surface area contributed by atoms with Crippen molar-refractivity contribution in [1.82, 2.24) is 0 Å². The van der Waals surface area contributed by atoms with Crippen LogP contribution in [0.15, 0.2) is 72.8 Å². The molecule has 0 amide bonds. The van der Waals surface area contributed by atoms with Crippen LogP contribution in [0, 0.1) is 27.7 Å². The molecule has 0 fully saturated rings.